The van der Waals surface area contributed by atoms with Gasteiger partial charge in [-0.05, 0) is 25.0 Å². The van der Waals surface area contributed by atoms with Gasteiger partial charge in [-0.2, -0.15) is 0 Å². The Bertz CT molecular complexity index is 479. The molecule has 4 N–H and O–H groups in total. The Morgan fingerprint density at radius 3 is 2.20 bits per heavy atom. The van der Waals surface area contributed by atoms with Crippen LogP contribution in [0.25, 0.3) is 0 Å². The zero-order valence-electron chi connectivity index (χ0n) is 10.8. The van der Waals surface area contributed by atoms with Crippen molar-refractivity contribution in [1.82, 2.24) is 0 Å². The number of benzene rings is 1. The molecule has 1 fully saturated rings. The zero-order valence-corrected chi connectivity index (χ0v) is 13.1. The number of halogens is 3. The van der Waals surface area contributed by atoms with Gasteiger partial charge in [-0.25, -0.2) is 0 Å². The Balaban J connectivity index is 0.00000200. The van der Waals surface area contributed by atoms with Crippen LogP contribution >= 0.6 is 35.6 Å². The van der Waals surface area contributed by atoms with Gasteiger partial charge >= 0.3 is 0 Å². The molecule has 0 spiro atoms. The Morgan fingerprint density at radius 1 is 1.20 bits per heavy atom. The fourth-order valence-electron chi connectivity index (χ4n) is 2.30. The summed E-state index contributed by atoms with van der Waals surface area (Å²) in [5, 5.41) is 12.4. The summed E-state index contributed by atoms with van der Waals surface area (Å²) in [4.78, 5) is 12.2. The van der Waals surface area contributed by atoms with E-state index in [1.54, 1.807) is 0 Å². The van der Waals surface area contributed by atoms with Crippen LogP contribution in [0.1, 0.15) is 32.1 Å². The lowest BCUT2D eigenvalue weighted by atomic mass is 9.82. The molecule has 0 atom stereocenters. The van der Waals surface area contributed by atoms with Gasteiger partial charge in [0, 0.05) is 5.69 Å². The quantitative estimate of drug-likeness (QED) is 0.719. The van der Waals surface area contributed by atoms with Crippen LogP contribution in [0, 0.1) is 0 Å². The fourth-order valence-corrected chi connectivity index (χ4v) is 2.79. The molecule has 0 aromatic heterocycles. The van der Waals surface area contributed by atoms with E-state index in [2.05, 4.69) is 5.32 Å². The van der Waals surface area contributed by atoms with Gasteiger partial charge in [0.1, 0.15) is 0 Å². The molecule has 1 saturated carbocycles. The lowest BCUT2D eigenvalue weighted by molar-refractivity contribution is -0.122. The molecule has 0 unspecified atom stereocenters. The average molecular weight is 340 g/mol. The molecule has 0 saturated heterocycles. The largest absolute Gasteiger partial charge is 0.505 e. The molecule has 1 aromatic carbocycles. The highest BCUT2D eigenvalue weighted by Gasteiger charge is 2.35. The predicted octanol–water partition coefficient (Wildman–Crippen LogP) is 3.72. The summed E-state index contributed by atoms with van der Waals surface area (Å²) in [5.74, 6) is -0.425. The number of hydrogen-bond donors (Lipinski definition) is 3. The van der Waals surface area contributed by atoms with E-state index in [-0.39, 0.29) is 34.1 Å². The topological polar surface area (TPSA) is 75.4 Å². The highest BCUT2D eigenvalue weighted by Crippen LogP contribution is 2.35. The molecule has 0 radical (unpaired) electrons. The summed E-state index contributed by atoms with van der Waals surface area (Å²) < 4.78 is 0. The van der Waals surface area contributed by atoms with Crippen LogP contribution in [0.3, 0.4) is 0 Å². The van der Waals surface area contributed by atoms with Crippen LogP contribution < -0.4 is 11.1 Å². The minimum atomic E-state index is -0.824. The first-order valence-electron chi connectivity index (χ1n) is 6.21. The summed E-state index contributed by atoms with van der Waals surface area (Å²) >= 11 is 11.6. The van der Waals surface area contributed by atoms with E-state index < -0.39 is 5.54 Å². The average Bonchev–Trinajstić information content (AvgIpc) is 2.36. The summed E-state index contributed by atoms with van der Waals surface area (Å²) in [6.07, 6.45) is 4.39. The number of hydrogen-bond acceptors (Lipinski definition) is 3. The highest BCUT2D eigenvalue weighted by molar-refractivity contribution is 6.37. The number of nitrogens with two attached hydrogens (primary N) is 1. The van der Waals surface area contributed by atoms with Crippen molar-refractivity contribution < 1.29 is 9.90 Å². The van der Waals surface area contributed by atoms with Gasteiger partial charge in [-0.15, -0.1) is 12.4 Å². The Hall–Kier alpha value is -0.680. The maximum Gasteiger partial charge on any atom is 0.244 e. The van der Waals surface area contributed by atoms with Crippen molar-refractivity contribution in [1.29, 1.82) is 0 Å². The molecular weight excluding hydrogens is 323 g/mol. The number of phenolic OH excluding ortho intramolecular Hbond substituents is 1. The third-order valence-electron chi connectivity index (χ3n) is 3.47. The molecule has 0 bridgehead atoms. The molecule has 2 rings (SSSR count). The minimum absolute atomic E-state index is 0. The number of aromatic hydroxyl groups is 1. The van der Waals surface area contributed by atoms with Crippen molar-refractivity contribution in [3.8, 4) is 5.75 Å². The SMILES string of the molecule is Cl.NC1(C(=O)Nc2cc(Cl)c(O)c(Cl)c2)CCCCC1. The highest BCUT2D eigenvalue weighted by atomic mass is 35.5. The molecule has 4 nitrogen and oxygen atoms in total. The van der Waals surface area contributed by atoms with Gasteiger partial charge in [0.2, 0.25) is 5.91 Å². The summed E-state index contributed by atoms with van der Waals surface area (Å²) in [6, 6.07) is 2.90. The number of carbonyl (C=O) groups excluding carboxylic acids is 1. The van der Waals surface area contributed by atoms with Crippen molar-refractivity contribution in [2.45, 2.75) is 37.6 Å². The van der Waals surface area contributed by atoms with Gasteiger partial charge in [-0.3, -0.25) is 4.79 Å². The normalized spacial score (nSPS) is 17.1. The van der Waals surface area contributed by atoms with E-state index in [9.17, 15) is 9.90 Å². The molecule has 112 valence electrons. The molecule has 0 aliphatic heterocycles. The van der Waals surface area contributed by atoms with Gasteiger partial charge in [0.15, 0.2) is 5.75 Å². The molecule has 20 heavy (non-hydrogen) atoms. The maximum absolute atomic E-state index is 12.2. The van der Waals surface area contributed by atoms with Gasteiger partial charge in [0.05, 0.1) is 15.6 Å². The van der Waals surface area contributed by atoms with Gasteiger partial charge in [-0.1, -0.05) is 42.5 Å². The molecule has 0 heterocycles. The number of anilines is 1. The van der Waals surface area contributed by atoms with Crippen LogP contribution in [-0.2, 0) is 4.79 Å². The van der Waals surface area contributed by atoms with E-state index in [4.69, 9.17) is 28.9 Å². The second-order valence-electron chi connectivity index (χ2n) is 4.96. The number of rotatable bonds is 2. The van der Waals surface area contributed by atoms with Crippen molar-refractivity contribution >= 4 is 47.2 Å². The second kappa shape index (κ2) is 6.85. The van der Waals surface area contributed by atoms with Crippen LogP contribution in [0.2, 0.25) is 10.0 Å². The summed E-state index contributed by atoms with van der Waals surface area (Å²) in [5.41, 5.74) is 5.74. The number of nitrogens with one attached hydrogen (secondary N) is 1. The third kappa shape index (κ3) is 3.70. The standard InChI is InChI=1S/C13H16Cl2N2O2.ClH/c14-9-6-8(7-10(15)11(9)18)17-12(19)13(16)4-2-1-3-5-13;/h6-7,18H,1-5,16H2,(H,17,19);1H. The van der Waals surface area contributed by atoms with E-state index >= 15 is 0 Å². The first-order valence-corrected chi connectivity index (χ1v) is 6.96. The predicted molar refractivity (Wildman–Crippen MR) is 84.0 cm³/mol. The van der Waals surface area contributed by atoms with Crippen LogP contribution in [0.4, 0.5) is 5.69 Å². The van der Waals surface area contributed by atoms with Crippen molar-refractivity contribution in [3.05, 3.63) is 22.2 Å². The molecule has 1 aliphatic carbocycles. The van der Waals surface area contributed by atoms with Crippen LogP contribution in [-0.4, -0.2) is 16.6 Å². The molecule has 1 aliphatic rings. The Kier molecular flexibility index (Phi) is 5.95. The first kappa shape index (κ1) is 17.4. The summed E-state index contributed by atoms with van der Waals surface area (Å²) in [7, 11) is 0. The Morgan fingerprint density at radius 2 is 1.70 bits per heavy atom. The Labute approximate surface area is 134 Å². The smallest absolute Gasteiger partial charge is 0.244 e. The lowest BCUT2D eigenvalue weighted by Crippen LogP contribution is -2.52. The van der Waals surface area contributed by atoms with E-state index in [1.165, 1.54) is 12.1 Å². The lowest BCUT2D eigenvalue weighted by Gasteiger charge is -2.31. The molecular formula is C13H17Cl3N2O2. The fraction of sp³-hybridized carbons (Fsp3) is 0.462. The second-order valence-corrected chi connectivity index (χ2v) is 5.77. The summed E-state index contributed by atoms with van der Waals surface area (Å²) in [6.45, 7) is 0. The number of carbonyl (C=O) groups is 1. The third-order valence-corrected chi connectivity index (χ3v) is 4.05. The van der Waals surface area contributed by atoms with E-state index in [1.807, 2.05) is 0 Å². The van der Waals surface area contributed by atoms with Crippen molar-refractivity contribution in [2.24, 2.45) is 5.73 Å². The maximum atomic E-state index is 12.2. The number of phenols is 1. The molecule has 1 aromatic rings. The first-order chi connectivity index (χ1) is 8.92. The van der Waals surface area contributed by atoms with Gasteiger partial charge < -0.3 is 16.2 Å². The van der Waals surface area contributed by atoms with Gasteiger partial charge in [0.25, 0.3) is 0 Å². The van der Waals surface area contributed by atoms with Crippen molar-refractivity contribution in [2.75, 3.05) is 5.32 Å². The molecule has 7 heteroatoms. The number of amides is 1. The van der Waals surface area contributed by atoms with E-state index in [0.717, 1.165) is 19.3 Å². The van der Waals surface area contributed by atoms with Crippen molar-refractivity contribution in [3.63, 3.8) is 0 Å². The monoisotopic (exact) mass is 338 g/mol. The minimum Gasteiger partial charge on any atom is -0.505 e. The van der Waals surface area contributed by atoms with Crippen LogP contribution in [0.5, 0.6) is 5.75 Å². The van der Waals surface area contributed by atoms with Crippen LogP contribution in [0.15, 0.2) is 12.1 Å². The van der Waals surface area contributed by atoms with E-state index in [0.29, 0.717) is 18.5 Å². The molecule has 1 amide bonds. The zero-order chi connectivity index (χ0) is 14.0.